The van der Waals surface area contributed by atoms with Gasteiger partial charge in [0.2, 0.25) is 0 Å². The maximum atomic E-state index is 12.4. The molecule has 0 saturated heterocycles. The SMILES string of the molecule is C[C@H](NC(=O)c1ccc(S(C)(=O)=O)cc1)c1ccc(-n2cncn2)cc1. The lowest BCUT2D eigenvalue weighted by atomic mass is 10.1. The van der Waals surface area contributed by atoms with Crippen LogP contribution in [0.4, 0.5) is 0 Å². The molecule has 3 aromatic rings. The second-order valence-electron chi connectivity index (χ2n) is 5.92. The molecule has 1 heterocycles. The molecule has 1 atom stereocenters. The van der Waals surface area contributed by atoms with Crippen molar-refractivity contribution < 1.29 is 13.2 Å². The molecular weight excluding hydrogens is 352 g/mol. The van der Waals surface area contributed by atoms with E-state index in [-0.39, 0.29) is 16.8 Å². The average Bonchev–Trinajstić information content (AvgIpc) is 3.16. The summed E-state index contributed by atoms with van der Waals surface area (Å²) in [4.78, 5) is 16.5. The monoisotopic (exact) mass is 370 g/mol. The zero-order chi connectivity index (χ0) is 18.7. The minimum atomic E-state index is -3.28. The van der Waals surface area contributed by atoms with E-state index < -0.39 is 9.84 Å². The standard InChI is InChI=1S/C18H18N4O3S/c1-13(14-3-7-16(8-4-14)22-12-19-11-20-22)21-18(23)15-5-9-17(10-6-15)26(2,24)25/h3-13H,1-2H3,(H,21,23)/t13-/m0/s1. The molecule has 1 aromatic heterocycles. The van der Waals surface area contributed by atoms with Gasteiger partial charge < -0.3 is 5.32 Å². The molecule has 0 saturated carbocycles. The lowest BCUT2D eigenvalue weighted by Gasteiger charge is -2.15. The normalized spacial score (nSPS) is 12.5. The van der Waals surface area contributed by atoms with Crippen molar-refractivity contribution >= 4 is 15.7 Å². The fourth-order valence-electron chi connectivity index (χ4n) is 2.47. The molecule has 0 spiro atoms. The van der Waals surface area contributed by atoms with Gasteiger partial charge in [-0.1, -0.05) is 12.1 Å². The summed E-state index contributed by atoms with van der Waals surface area (Å²) in [5.41, 5.74) is 2.22. The molecule has 2 aromatic carbocycles. The molecule has 0 unspecified atom stereocenters. The number of amides is 1. The van der Waals surface area contributed by atoms with Crippen molar-refractivity contribution in [3.63, 3.8) is 0 Å². The van der Waals surface area contributed by atoms with Crippen LogP contribution in [0.2, 0.25) is 0 Å². The summed E-state index contributed by atoms with van der Waals surface area (Å²) in [6.07, 6.45) is 4.21. The van der Waals surface area contributed by atoms with Crippen molar-refractivity contribution in [1.29, 1.82) is 0 Å². The van der Waals surface area contributed by atoms with Gasteiger partial charge in [0.05, 0.1) is 16.6 Å². The van der Waals surface area contributed by atoms with Gasteiger partial charge in [-0.3, -0.25) is 4.79 Å². The number of hydrogen-bond donors (Lipinski definition) is 1. The number of carbonyl (C=O) groups is 1. The Labute approximate surface area is 151 Å². The minimum Gasteiger partial charge on any atom is -0.346 e. The minimum absolute atomic E-state index is 0.186. The molecule has 8 heteroatoms. The van der Waals surface area contributed by atoms with E-state index in [4.69, 9.17) is 0 Å². The summed E-state index contributed by atoms with van der Waals surface area (Å²) >= 11 is 0. The van der Waals surface area contributed by atoms with Crippen LogP contribution >= 0.6 is 0 Å². The Hall–Kier alpha value is -3.00. The summed E-state index contributed by atoms with van der Waals surface area (Å²) in [7, 11) is -3.28. The first-order valence-electron chi connectivity index (χ1n) is 7.90. The maximum absolute atomic E-state index is 12.4. The highest BCUT2D eigenvalue weighted by atomic mass is 32.2. The fraction of sp³-hybridized carbons (Fsp3) is 0.167. The van der Waals surface area contributed by atoms with Crippen molar-refractivity contribution in [3.05, 3.63) is 72.3 Å². The van der Waals surface area contributed by atoms with Crippen molar-refractivity contribution in [2.24, 2.45) is 0 Å². The zero-order valence-electron chi connectivity index (χ0n) is 14.3. The van der Waals surface area contributed by atoms with Crippen LogP contribution in [-0.4, -0.2) is 35.3 Å². The van der Waals surface area contributed by atoms with Gasteiger partial charge in [0.1, 0.15) is 12.7 Å². The summed E-state index contributed by atoms with van der Waals surface area (Å²) < 4.78 is 24.6. The Morgan fingerprint density at radius 2 is 1.73 bits per heavy atom. The third-order valence-electron chi connectivity index (χ3n) is 3.97. The van der Waals surface area contributed by atoms with Crippen LogP contribution in [0.15, 0.2) is 66.1 Å². The van der Waals surface area contributed by atoms with Gasteiger partial charge in [-0.15, -0.1) is 0 Å². The molecule has 0 aliphatic carbocycles. The van der Waals surface area contributed by atoms with Crippen molar-refractivity contribution in [2.75, 3.05) is 6.26 Å². The Morgan fingerprint density at radius 1 is 1.08 bits per heavy atom. The largest absolute Gasteiger partial charge is 0.346 e. The van der Waals surface area contributed by atoms with Crippen molar-refractivity contribution in [3.8, 4) is 5.69 Å². The van der Waals surface area contributed by atoms with Gasteiger partial charge in [0.25, 0.3) is 5.91 Å². The van der Waals surface area contributed by atoms with E-state index in [1.54, 1.807) is 11.0 Å². The predicted octanol–water partition coefficient (Wildman–Crippen LogP) is 2.16. The Balaban J connectivity index is 1.69. The molecule has 1 N–H and O–H groups in total. The molecule has 0 fully saturated rings. The number of sulfone groups is 1. The quantitative estimate of drug-likeness (QED) is 0.743. The zero-order valence-corrected chi connectivity index (χ0v) is 15.1. The van der Waals surface area contributed by atoms with E-state index in [1.165, 1.54) is 30.6 Å². The first-order valence-corrected chi connectivity index (χ1v) is 9.80. The number of nitrogens with one attached hydrogen (secondary N) is 1. The second-order valence-corrected chi connectivity index (χ2v) is 7.94. The number of benzene rings is 2. The molecule has 26 heavy (non-hydrogen) atoms. The van der Waals surface area contributed by atoms with E-state index in [1.807, 2.05) is 31.2 Å². The molecule has 7 nitrogen and oxygen atoms in total. The van der Waals surface area contributed by atoms with Crippen LogP contribution in [0.25, 0.3) is 5.69 Å². The molecule has 3 rings (SSSR count). The van der Waals surface area contributed by atoms with E-state index in [2.05, 4.69) is 15.4 Å². The van der Waals surface area contributed by atoms with Gasteiger partial charge in [-0.25, -0.2) is 18.1 Å². The van der Waals surface area contributed by atoms with Crippen LogP contribution in [0.3, 0.4) is 0 Å². The summed E-state index contributed by atoms with van der Waals surface area (Å²) in [6.45, 7) is 1.88. The first kappa shape index (κ1) is 17.8. The number of aromatic nitrogens is 3. The summed E-state index contributed by atoms with van der Waals surface area (Å²) in [5, 5.41) is 6.97. The van der Waals surface area contributed by atoms with Crippen LogP contribution in [0.5, 0.6) is 0 Å². The van der Waals surface area contributed by atoms with Gasteiger partial charge in [0.15, 0.2) is 9.84 Å². The smallest absolute Gasteiger partial charge is 0.251 e. The lowest BCUT2D eigenvalue weighted by molar-refractivity contribution is 0.0940. The molecule has 0 radical (unpaired) electrons. The van der Waals surface area contributed by atoms with E-state index in [0.29, 0.717) is 5.56 Å². The van der Waals surface area contributed by atoms with Crippen LogP contribution in [0, 0.1) is 0 Å². The molecule has 0 aliphatic heterocycles. The Morgan fingerprint density at radius 3 is 2.27 bits per heavy atom. The van der Waals surface area contributed by atoms with Crippen LogP contribution < -0.4 is 5.32 Å². The molecule has 134 valence electrons. The van der Waals surface area contributed by atoms with Crippen molar-refractivity contribution in [2.45, 2.75) is 17.9 Å². The summed E-state index contributed by atoms with van der Waals surface area (Å²) in [6, 6.07) is 13.3. The number of rotatable bonds is 5. The van der Waals surface area contributed by atoms with E-state index >= 15 is 0 Å². The first-order chi connectivity index (χ1) is 12.3. The third kappa shape index (κ3) is 3.97. The number of carbonyl (C=O) groups excluding carboxylic acids is 1. The van der Waals surface area contributed by atoms with Gasteiger partial charge in [-0.05, 0) is 48.9 Å². The fourth-order valence-corrected chi connectivity index (χ4v) is 3.10. The number of nitrogens with zero attached hydrogens (tertiary/aromatic N) is 3. The van der Waals surface area contributed by atoms with Gasteiger partial charge in [0, 0.05) is 11.8 Å². The van der Waals surface area contributed by atoms with Crippen molar-refractivity contribution in [1.82, 2.24) is 20.1 Å². The molecule has 1 amide bonds. The third-order valence-corrected chi connectivity index (χ3v) is 5.10. The second kappa shape index (κ2) is 7.09. The molecular formula is C18H18N4O3S. The Kier molecular flexibility index (Phi) is 4.85. The highest BCUT2D eigenvalue weighted by Gasteiger charge is 2.13. The van der Waals surface area contributed by atoms with Gasteiger partial charge >= 0.3 is 0 Å². The Bertz CT molecular complexity index is 996. The van der Waals surface area contributed by atoms with Crippen LogP contribution in [-0.2, 0) is 9.84 Å². The predicted molar refractivity (Wildman–Crippen MR) is 96.8 cm³/mol. The van der Waals surface area contributed by atoms with Crippen LogP contribution in [0.1, 0.15) is 28.9 Å². The van der Waals surface area contributed by atoms with E-state index in [9.17, 15) is 13.2 Å². The molecule has 0 bridgehead atoms. The summed E-state index contributed by atoms with van der Waals surface area (Å²) in [5.74, 6) is -0.266. The van der Waals surface area contributed by atoms with E-state index in [0.717, 1.165) is 17.5 Å². The number of hydrogen-bond acceptors (Lipinski definition) is 5. The van der Waals surface area contributed by atoms with Gasteiger partial charge in [-0.2, -0.15) is 5.10 Å². The lowest BCUT2D eigenvalue weighted by Crippen LogP contribution is -2.26. The highest BCUT2D eigenvalue weighted by molar-refractivity contribution is 7.90. The maximum Gasteiger partial charge on any atom is 0.251 e. The highest BCUT2D eigenvalue weighted by Crippen LogP contribution is 2.16. The topological polar surface area (TPSA) is 94.0 Å². The average molecular weight is 370 g/mol. The molecule has 0 aliphatic rings.